The van der Waals surface area contributed by atoms with Gasteiger partial charge in [0, 0.05) is 23.9 Å². The van der Waals surface area contributed by atoms with Crippen LogP contribution < -0.4 is 10.5 Å². The van der Waals surface area contributed by atoms with Crippen molar-refractivity contribution in [2.45, 2.75) is 13.3 Å². The summed E-state index contributed by atoms with van der Waals surface area (Å²) in [5.74, 6) is 0.431. The lowest BCUT2D eigenvalue weighted by atomic mass is 9.90. The number of benzene rings is 3. The Bertz CT molecular complexity index is 1370. The van der Waals surface area contributed by atoms with Crippen molar-refractivity contribution in [1.29, 1.82) is 0 Å². The van der Waals surface area contributed by atoms with Gasteiger partial charge in [0.2, 0.25) is 5.91 Å². The second-order valence-electron chi connectivity index (χ2n) is 7.96. The zero-order chi connectivity index (χ0) is 22.9. The second kappa shape index (κ2) is 8.39. The van der Waals surface area contributed by atoms with Gasteiger partial charge in [-0.2, -0.15) is 0 Å². The van der Waals surface area contributed by atoms with Crippen LogP contribution in [-0.2, 0) is 0 Å². The Labute approximate surface area is 191 Å². The SMILES string of the molecule is CCOc1ccc2ccccc2c1C(=O)N1C=C(c2cccc(C(N)=O)c2)C2CC=CN=C21. The molecule has 164 valence electrons. The summed E-state index contributed by atoms with van der Waals surface area (Å²) < 4.78 is 5.84. The van der Waals surface area contributed by atoms with Gasteiger partial charge in [0.05, 0.1) is 12.2 Å². The molecular weight excluding hydrogens is 414 g/mol. The Kier molecular flexibility index (Phi) is 5.26. The quantitative estimate of drug-likeness (QED) is 0.624. The molecule has 2 N–H and O–H groups in total. The molecule has 6 nitrogen and oxygen atoms in total. The number of hydrogen-bond acceptors (Lipinski definition) is 4. The molecule has 0 saturated carbocycles. The van der Waals surface area contributed by atoms with Gasteiger partial charge in [-0.1, -0.05) is 48.5 Å². The average Bonchev–Trinajstić information content (AvgIpc) is 3.23. The number of aliphatic imine (C=N–C) groups is 1. The third-order valence-electron chi connectivity index (χ3n) is 5.99. The van der Waals surface area contributed by atoms with Crippen LogP contribution >= 0.6 is 0 Å². The third kappa shape index (κ3) is 3.59. The molecule has 3 aromatic rings. The second-order valence-corrected chi connectivity index (χ2v) is 7.96. The molecule has 1 atom stereocenters. The first-order valence-electron chi connectivity index (χ1n) is 10.9. The lowest BCUT2D eigenvalue weighted by molar-refractivity contribution is 0.0885. The standard InChI is InChI=1S/C27H23N3O3/c1-2-33-23-13-12-17-7-3-4-10-20(17)24(23)27(32)30-16-22(21-11-6-14-29-26(21)30)18-8-5-9-19(15-18)25(28)31/h3-10,12-16,21H,2,11H2,1H3,(H2,28,31). The van der Waals surface area contributed by atoms with Crippen LogP contribution in [0, 0.1) is 5.92 Å². The van der Waals surface area contributed by atoms with Gasteiger partial charge >= 0.3 is 0 Å². The van der Waals surface area contributed by atoms with Crippen LogP contribution in [0.2, 0.25) is 0 Å². The number of fused-ring (bicyclic) bond motifs is 2. The van der Waals surface area contributed by atoms with Gasteiger partial charge in [-0.3, -0.25) is 14.5 Å². The normalized spacial score (nSPS) is 16.9. The molecule has 2 amide bonds. The predicted molar refractivity (Wildman–Crippen MR) is 129 cm³/mol. The Hall–Kier alpha value is -4.19. The van der Waals surface area contributed by atoms with Gasteiger partial charge in [-0.25, -0.2) is 4.99 Å². The summed E-state index contributed by atoms with van der Waals surface area (Å²) in [6, 6.07) is 18.7. The highest BCUT2D eigenvalue weighted by Gasteiger charge is 2.37. The number of rotatable bonds is 5. The topological polar surface area (TPSA) is 85.0 Å². The summed E-state index contributed by atoms with van der Waals surface area (Å²) in [5, 5.41) is 1.79. The van der Waals surface area contributed by atoms with E-state index in [-0.39, 0.29) is 11.8 Å². The van der Waals surface area contributed by atoms with E-state index in [1.165, 1.54) is 0 Å². The molecule has 0 bridgehead atoms. The number of hydrogen-bond donors (Lipinski definition) is 1. The lowest BCUT2D eigenvalue weighted by Gasteiger charge is -2.22. The van der Waals surface area contributed by atoms with Crippen molar-refractivity contribution in [3.8, 4) is 5.75 Å². The van der Waals surface area contributed by atoms with Crippen molar-refractivity contribution in [2.75, 3.05) is 6.61 Å². The Morgan fingerprint density at radius 1 is 1.12 bits per heavy atom. The van der Waals surface area contributed by atoms with Crippen LogP contribution in [0.1, 0.15) is 39.6 Å². The van der Waals surface area contributed by atoms with Crippen molar-refractivity contribution in [3.05, 3.63) is 95.8 Å². The molecule has 1 unspecified atom stereocenters. The molecule has 6 heteroatoms. The van der Waals surface area contributed by atoms with E-state index in [0.29, 0.717) is 35.7 Å². The number of carbonyl (C=O) groups excluding carboxylic acids is 2. The maximum absolute atomic E-state index is 14.0. The number of nitrogens with zero attached hydrogens (tertiary/aromatic N) is 2. The van der Waals surface area contributed by atoms with E-state index >= 15 is 0 Å². The van der Waals surface area contributed by atoms with E-state index in [2.05, 4.69) is 4.99 Å². The van der Waals surface area contributed by atoms with Crippen molar-refractivity contribution >= 4 is 34.0 Å². The lowest BCUT2D eigenvalue weighted by Crippen LogP contribution is -2.33. The van der Waals surface area contributed by atoms with Gasteiger partial charge in [0.25, 0.3) is 5.91 Å². The number of ether oxygens (including phenoxy) is 1. The van der Waals surface area contributed by atoms with E-state index in [9.17, 15) is 9.59 Å². The first kappa shape index (κ1) is 20.7. The van der Waals surface area contributed by atoms with Crippen LogP contribution in [0.25, 0.3) is 16.3 Å². The third-order valence-corrected chi connectivity index (χ3v) is 5.99. The fourth-order valence-electron chi connectivity index (χ4n) is 4.47. The van der Waals surface area contributed by atoms with Gasteiger partial charge in [-0.15, -0.1) is 0 Å². The fraction of sp³-hybridized carbons (Fsp3) is 0.148. The molecule has 0 radical (unpaired) electrons. The summed E-state index contributed by atoms with van der Waals surface area (Å²) in [5.41, 5.74) is 8.19. The van der Waals surface area contributed by atoms with Crippen molar-refractivity contribution in [2.24, 2.45) is 16.6 Å². The van der Waals surface area contributed by atoms with Crippen LogP contribution in [0.3, 0.4) is 0 Å². The highest BCUT2D eigenvalue weighted by molar-refractivity contribution is 6.19. The minimum Gasteiger partial charge on any atom is -0.493 e. The molecule has 5 rings (SSSR count). The fourth-order valence-corrected chi connectivity index (χ4v) is 4.47. The number of amidine groups is 1. The summed E-state index contributed by atoms with van der Waals surface area (Å²) >= 11 is 0. The molecule has 2 heterocycles. The van der Waals surface area contributed by atoms with E-state index in [4.69, 9.17) is 10.5 Å². The largest absolute Gasteiger partial charge is 0.493 e. The van der Waals surface area contributed by atoms with Gasteiger partial charge in [-0.05, 0) is 53.5 Å². The molecule has 0 spiro atoms. The smallest absolute Gasteiger partial charge is 0.267 e. The monoisotopic (exact) mass is 437 g/mol. The van der Waals surface area contributed by atoms with E-state index in [1.807, 2.05) is 61.7 Å². The van der Waals surface area contributed by atoms with Crippen LogP contribution in [-0.4, -0.2) is 29.2 Å². The van der Waals surface area contributed by atoms with Gasteiger partial charge < -0.3 is 10.5 Å². The highest BCUT2D eigenvalue weighted by atomic mass is 16.5. The molecule has 2 aliphatic heterocycles. The minimum atomic E-state index is -0.488. The Balaban J connectivity index is 1.65. The van der Waals surface area contributed by atoms with Crippen LogP contribution in [0.5, 0.6) is 5.75 Å². The zero-order valence-electron chi connectivity index (χ0n) is 18.2. The molecule has 2 aliphatic rings. The van der Waals surface area contributed by atoms with Crippen molar-refractivity contribution in [1.82, 2.24) is 4.90 Å². The summed E-state index contributed by atoms with van der Waals surface area (Å²) in [4.78, 5) is 31.9. The van der Waals surface area contributed by atoms with Gasteiger partial charge in [0.15, 0.2) is 0 Å². The minimum absolute atomic E-state index is 0.0902. The van der Waals surface area contributed by atoms with E-state index in [0.717, 1.165) is 21.9 Å². The number of allylic oxidation sites excluding steroid dienone is 1. The summed E-state index contributed by atoms with van der Waals surface area (Å²) in [6.07, 6.45) is 6.26. The summed E-state index contributed by atoms with van der Waals surface area (Å²) in [7, 11) is 0. The number of carbonyl (C=O) groups is 2. The predicted octanol–water partition coefficient (Wildman–Crippen LogP) is 4.77. The van der Waals surface area contributed by atoms with E-state index in [1.54, 1.807) is 29.3 Å². The molecule has 3 aromatic carbocycles. The maximum atomic E-state index is 14.0. The molecule has 0 saturated heterocycles. The summed E-state index contributed by atoms with van der Waals surface area (Å²) in [6.45, 7) is 2.35. The molecule has 0 fully saturated rings. The Morgan fingerprint density at radius 2 is 1.97 bits per heavy atom. The maximum Gasteiger partial charge on any atom is 0.267 e. The zero-order valence-corrected chi connectivity index (χ0v) is 18.2. The number of amides is 2. The van der Waals surface area contributed by atoms with Gasteiger partial charge in [0.1, 0.15) is 11.6 Å². The number of nitrogens with two attached hydrogens (primary N) is 1. The molecule has 0 aromatic heterocycles. The van der Waals surface area contributed by atoms with Crippen molar-refractivity contribution < 1.29 is 14.3 Å². The first-order chi connectivity index (χ1) is 16.1. The molecule has 0 aliphatic carbocycles. The number of primary amides is 1. The van der Waals surface area contributed by atoms with Crippen LogP contribution in [0.15, 0.2) is 84.1 Å². The molecule has 33 heavy (non-hydrogen) atoms. The van der Waals surface area contributed by atoms with Crippen molar-refractivity contribution in [3.63, 3.8) is 0 Å². The first-order valence-corrected chi connectivity index (χ1v) is 10.9. The molecular formula is C27H23N3O3. The average molecular weight is 437 g/mol. The Morgan fingerprint density at radius 3 is 2.79 bits per heavy atom. The van der Waals surface area contributed by atoms with E-state index < -0.39 is 5.91 Å². The highest BCUT2D eigenvalue weighted by Crippen LogP contribution is 2.39. The van der Waals surface area contributed by atoms with Crippen LogP contribution in [0.4, 0.5) is 0 Å².